The summed E-state index contributed by atoms with van der Waals surface area (Å²) in [6.45, 7) is 3.28. The van der Waals surface area contributed by atoms with Gasteiger partial charge in [-0.2, -0.15) is 0 Å². The van der Waals surface area contributed by atoms with Gasteiger partial charge in [-0.25, -0.2) is 0 Å². The van der Waals surface area contributed by atoms with Gasteiger partial charge in [0.25, 0.3) is 0 Å². The molecule has 0 saturated heterocycles. The van der Waals surface area contributed by atoms with Crippen LogP contribution in [0.4, 0.5) is 0 Å². The van der Waals surface area contributed by atoms with Gasteiger partial charge in [-0.15, -0.1) is 11.3 Å². The summed E-state index contributed by atoms with van der Waals surface area (Å²) in [5.74, 6) is 0. The first-order chi connectivity index (χ1) is 7.92. The molecule has 2 nitrogen and oxygen atoms in total. The lowest BCUT2D eigenvalue weighted by atomic mass is 10.2. The maximum Gasteiger partial charge on any atom is 0.0300 e. The molecule has 1 fully saturated rings. The molecule has 0 aromatic carbocycles. The van der Waals surface area contributed by atoms with E-state index in [2.05, 4.69) is 16.7 Å². The fraction of sp³-hybridized carbons (Fsp3) is 0.692. The van der Waals surface area contributed by atoms with Crippen LogP contribution in [0.5, 0.6) is 0 Å². The fourth-order valence-corrected chi connectivity index (χ4v) is 3.57. The number of aryl methyl sites for hydroxylation is 2. The van der Waals surface area contributed by atoms with Crippen LogP contribution in [0.2, 0.25) is 0 Å². The van der Waals surface area contributed by atoms with E-state index in [0.717, 1.165) is 25.7 Å². The highest BCUT2D eigenvalue weighted by Gasteiger charge is 2.19. The van der Waals surface area contributed by atoms with Crippen molar-refractivity contribution in [3.05, 3.63) is 21.4 Å². The molecule has 0 bridgehead atoms. The van der Waals surface area contributed by atoms with E-state index in [1.54, 1.807) is 10.4 Å². The molecular formula is C13H20N2S. The molecule has 0 spiro atoms. The standard InChI is InChI=1S/C13H20N2S/c1-2-10-8-12(16-13(10)3-1)9-14-6-7-15-11-4-5-11/h8,11,14-15H,1-7,9H2. The second-order valence-electron chi connectivity index (χ2n) is 4.92. The lowest BCUT2D eigenvalue weighted by Gasteiger charge is -2.04. The number of rotatable bonds is 6. The Morgan fingerprint density at radius 1 is 1.25 bits per heavy atom. The summed E-state index contributed by atoms with van der Waals surface area (Å²) in [7, 11) is 0. The van der Waals surface area contributed by atoms with E-state index in [4.69, 9.17) is 0 Å². The highest BCUT2D eigenvalue weighted by atomic mass is 32.1. The predicted molar refractivity (Wildman–Crippen MR) is 69.1 cm³/mol. The Labute approximate surface area is 101 Å². The molecule has 2 aliphatic carbocycles. The van der Waals surface area contributed by atoms with Crippen molar-refractivity contribution >= 4 is 11.3 Å². The number of fused-ring (bicyclic) bond motifs is 1. The van der Waals surface area contributed by atoms with Crippen molar-refractivity contribution < 1.29 is 0 Å². The molecule has 1 aromatic heterocycles. The third-order valence-electron chi connectivity index (χ3n) is 3.41. The topological polar surface area (TPSA) is 24.1 Å². The van der Waals surface area contributed by atoms with Gasteiger partial charge in [0.15, 0.2) is 0 Å². The Kier molecular flexibility index (Phi) is 3.27. The SMILES string of the molecule is c1c(CNCCNC2CC2)sc2c1CCC2. The van der Waals surface area contributed by atoms with E-state index in [9.17, 15) is 0 Å². The monoisotopic (exact) mass is 236 g/mol. The normalized spacial score (nSPS) is 19.0. The molecule has 16 heavy (non-hydrogen) atoms. The largest absolute Gasteiger partial charge is 0.313 e. The molecule has 0 amide bonds. The van der Waals surface area contributed by atoms with Crippen LogP contribution in [-0.2, 0) is 19.4 Å². The lowest BCUT2D eigenvalue weighted by Crippen LogP contribution is -2.28. The summed E-state index contributed by atoms with van der Waals surface area (Å²) in [6.07, 6.45) is 6.79. The Morgan fingerprint density at radius 2 is 2.19 bits per heavy atom. The highest BCUT2D eigenvalue weighted by molar-refractivity contribution is 7.12. The Bertz CT molecular complexity index is 333. The van der Waals surface area contributed by atoms with Gasteiger partial charge < -0.3 is 10.6 Å². The van der Waals surface area contributed by atoms with E-state index in [0.29, 0.717) is 0 Å². The average molecular weight is 236 g/mol. The van der Waals surface area contributed by atoms with Gasteiger partial charge in [0, 0.05) is 35.4 Å². The van der Waals surface area contributed by atoms with Crippen LogP contribution in [0, 0.1) is 0 Å². The molecule has 88 valence electrons. The molecule has 0 atom stereocenters. The van der Waals surface area contributed by atoms with Crippen LogP contribution in [0.3, 0.4) is 0 Å². The lowest BCUT2D eigenvalue weighted by molar-refractivity contribution is 0.611. The van der Waals surface area contributed by atoms with E-state index in [-0.39, 0.29) is 0 Å². The predicted octanol–water partition coefficient (Wildman–Crippen LogP) is 2.08. The highest BCUT2D eigenvalue weighted by Crippen LogP contribution is 2.30. The summed E-state index contributed by atoms with van der Waals surface area (Å²) in [6, 6.07) is 3.25. The van der Waals surface area contributed by atoms with Crippen LogP contribution in [0.25, 0.3) is 0 Å². The molecule has 1 aromatic rings. The molecule has 2 N–H and O–H groups in total. The maximum absolute atomic E-state index is 3.52. The number of hydrogen-bond donors (Lipinski definition) is 2. The van der Waals surface area contributed by atoms with Crippen LogP contribution in [-0.4, -0.2) is 19.1 Å². The minimum Gasteiger partial charge on any atom is -0.313 e. The fourth-order valence-electron chi connectivity index (χ4n) is 2.34. The molecular weight excluding hydrogens is 216 g/mol. The Hall–Kier alpha value is -0.380. The summed E-state index contributed by atoms with van der Waals surface area (Å²) in [5, 5.41) is 7.04. The van der Waals surface area contributed by atoms with Crippen molar-refractivity contribution in [3.8, 4) is 0 Å². The quantitative estimate of drug-likeness (QED) is 0.739. The van der Waals surface area contributed by atoms with E-state index >= 15 is 0 Å². The van der Waals surface area contributed by atoms with Crippen molar-refractivity contribution in [2.75, 3.05) is 13.1 Å². The zero-order valence-electron chi connectivity index (χ0n) is 9.72. The summed E-state index contributed by atoms with van der Waals surface area (Å²) in [5.41, 5.74) is 1.62. The van der Waals surface area contributed by atoms with Crippen molar-refractivity contribution in [2.24, 2.45) is 0 Å². The first kappa shape index (κ1) is 10.8. The molecule has 2 aliphatic rings. The minimum absolute atomic E-state index is 0.840. The summed E-state index contributed by atoms with van der Waals surface area (Å²) >= 11 is 2.02. The first-order valence-electron chi connectivity index (χ1n) is 6.46. The van der Waals surface area contributed by atoms with Gasteiger partial charge in [-0.3, -0.25) is 0 Å². The van der Waals surface area contributed by atoms with Crippen LogP contribution < -0.4 is 10.6 Å². The number of thiophene rings is 1. The van der Waals surface area contributed by atoms with Gasteiger partial charge in [0.2, 0.25) is 0 Å². The van der Waals surface area contributed by atoms with Crippen LogP contribution in [0.15, 0.2) is 6.07 Å². The number of hydrogen-bond acceptors (Lipinski definition) is 3. The van der Waals surface area contributed by atoms with Crippen molar-refractivity contribution in [1.29, 1.82) is 0 Å². The van der Waals surface area contributed by atoms with Gasteiger partial charge in [0.1, 0.15) is 0 Å². The summed E-state index contributed by atoms with van der Waals surface area (Å²) < 4.78 is 0. The molecule has 1 heterocycles. The average Bonchev–Trinajstić information content (AvgIpc) is 2.85. The van der Waals surface area contributed by atoms with Crippen LogP contribution in [0.1, 0.15) is 34.6 Å². The van der Waals surface area contributed by atoms with Gasteiger partial charge in [-0.1, -0.05) is 0 Å². The van der Waals surface area contributed by atoms with Gasteiger partial charge >= 0.3 is 0 Å². The van der Waals surface area contributed by atoms with Gasteiger partial charge in [-0.05, 0) is 43.7 Å². The second-order valence-corrected chi connectivity index (χ2v) is 6.14. The van der Waals surface area contributed by atoms with Gasteiger partial charge in [0.05, 0.1) is 0 Å². The maximum atomic E-state index is 3.52. The van der Waals surface area contributed by atoms with Crippen molar-refractivity contribution in [3.63, 3.8) is 0 Å². The molecule has 0 aliphatic heterocycles. The zero-order valence-corrected chi connectivity index (χ0v) is 10.5. The molecule has 3 heteroatoms. The van der Waals surface area contributed by atoms with E-state index < -0.39 is 0 Å². The first-order valence-corrected chi connectivity index (χ1v) is 7.28. The van der Waals surface area contributed by atoms with E-state index in [1.165, 1.54) is 37.0 Å². The summed E-state index contributed by atoms with van der Waals surface area (Å²) in [4.78, 5) is 3.17. The Morgan fingerprint density at radius 3 is 3.00 bits per heavy atom. The Balaban J connectivity index is 1.37. The molecule has 3 rings (SSSR count). The molecule has 0 unspecified atom stereocenters. The zero-order chi connectivity index (χ0) is 10.8. The smallest absolute Gasteiger partial charge is 0.0300 e. The van der Waals surface area contributed by atoms with Crippen LogP contribution >= 0.6 is 11.3 Å². The van der Waals surface area contributed by atoms with Crippen molar-refractivity contribution in [1.82, 2.24) is 10.6 Å². The number of nitrogens with one attached hydrogen (secondary N) is 2. The minimum atomic E-state index is 0.840. The van der Waals surface area contributed by atoms with Crippen molar-refractivity contribution in [2.45, 2.75) is 44.7 Å². The second kappa shape index (κ2) is 4.86. The third-order valence-corrected chi connectivity index (χ3v) is 4.65. The van der Waals surface area contributed by atoms with E-state index in [1.807, 2.05) is 11.3 Å². The molecule has 1 saturated carbocycles. The third kappa shape index (κ3) is 2.65. The molecule has 0 radical (unpaired) electrons.